The van der Waals surface area contributed by atoms with E-state index < -0.39 is 24.8 Å². The van der Waals surface area contributed by atoms with Crippen LogP contribution < -0.4 is 3.86 Å². The van der Waals surface area contributed by atoms with E-state index in [0.717, 1.165) is 11.8 Å². The monoisotopic (exact) mass is 815 g/mol. The quantitative estimate of drug-likeness (QED) is 0.125. The second-order valence-corrected chi connectivity index (χ2v) is 28.5. The Labute approximate surface area is 330 Å². The minimum atomic E-state index is -1.70. The van der Waals surface area contributed by atoms with E-state index in [9.17, 15) is 0 Å². The van der Waals surface area contributed by atoms with Gasteiger partial charge in [-0.15, -0.1) is 0 Å². The van der Waals surface area contributed by atoms with E-state index in [0.29, 0.717) is 36.0 Å². The number of benzene rings is 1. The third kappa shape index (κ3) is 9.44. The molecule has 5 nitrogen and oxygen atoms in total. The molecule has 5 radical (unpaired) electrons. The van der Waals surface area contributed by atoms with Gasteiger partial charge in [0, 0.05) is 24.2 Å². The number of anilines is 1. The van der Waals surface area contributed by atoms with Crippen molar-refractivity contribution in [3.05, 3.63) is 47.0 Å². The SMILES string of the molecule is CC(C)c1cccc(C(C)C)c1[N]([Ge])C1=C(P2N(C(C)(C)C)[Si](C)(C)N2C(C)(C)C)[C@@H]2CC[C@H]1C2.[C-]P(N(C(C)C)C(C)C)N(C(C)C)C(C)C. The summed E-state index contributed by atoms with van der Waals surface area (Å²) >= 11 is 2.41. The Morgan fingerprint density at radius 2 is 1.10 bits per heavy atom. The van der Waals surface area contributed by atoms with Gasteiger partial charge in [-0.3, -0.25) is 9.34 Å². The van der Waals surface area contributed by atoms with Crippen molar-refractivity contribution < 1.29 is 0 Å². The summed E-state index contributed by atoms with van der Waals surface area (Å²) < 4.78 is 13.4. The van der Waals surface area contributed by atoms with Crippen LogP contribution in [0.2, 0.25) is 13.1 Å². The second-order valence-electron chi connectivity index (χ2n) is 19.6. The molecule has 0 N–H and O–H groups in total. The molecule has 2 bridgehead atoms. The molecule has 2 fully saturated rings. The Morgan fingerprint density at radius 3 is 1.43 bits per heavy atom. The van der Waals surface area contributed by atoms with Crippen molar-refractivity contribution in [1.82, 2.24) is 18.0 Å². The first-order valence-electron chi connectivity index (χ1n) is 20.1. The number of nitrogens with zero attached hydrogens (tertiary/aromatic N) is 5. The minimum Gasteiger partial charge on any atom is -0.634 e. The zero-order valence-electron chi connectivity index (χ0n) is 36.6. The Hall–Kier alpha value is 0.220. The summed E-state index contributed by atoms with van der Waals surface area (Å²) in [6.45, 7) is 55.4. The van der Waals surface area contributed by atoms with E-state index in [1.165, 1.54) is 36.1 Å². The van der Waals surface area contributed by atoms with Crippen LogP contribution in [0.3, 0.4) is 0 Å². The van der Waals surface area contributed by atoms with Crippen molar-refractivity contribution in [2.24, 2.45) is 11.8 Å². The van der Waals surface area contributed by atoms with Gasteiger partial charge in [-0.05, 0) is 55.4 Å². The molecule has 4 rings (SSSR count). The van der Waals surface area contributed by atoms with Gasteiger partial charge in [0.25, 0.3) is 0 Å². The van der Waals surface area contributed by atoms with Crippen LogP contribution in [0, 0.1) is 18.5 Å². The Kier molecular flexibility index (Phi) is 15.3. The molecule has 51 heavy (non-hydrogen) atoms. The van der Waals surface area contributed by atoms with Gasteiger partial charge in [-0.2, -0.15) is 8.22 Å². The van der Waals surface area contributed by atoms with Crippen molar-refractivity contribution in [2.75, 3.05) is 3.86 Å². The van der Waals surface area contributed by atoms with Crippen LogP contribution in [0.25, 0.3) is 0 Å². The number of rotatable bonds is 11. The first kappa shape index (κ1) is 45.6. The average Bonchev–Trinajstić information content (AvgIpc) is 3.55. The van der Waals surface area contributed by atoms with Crippen LogP contribution in [0.15, 0.2) is 29.2 Å². The van der Waals surface area contributed by atoms with Crippen LogP contribution in [0.1, 0.15) is 167 Å². The molecule has 1 heterocycles. The Morgan fingerprint density at radius 1 is 0.725 bits per heavy atom. The van der Waals surface area contributed by atoms with Crippen molar-refractivity contribution in [3.63, 3.8) is 0 Å². The van der Waals surface area contributed by atoms with Gasteiger partial charge in [0.1, 0.15) is 0 Å². The summed E-state index contributed by atoms with van der Waals surface area (Å²) in [7, 11) is -3.10. The molecule has 1 aliphatic heterocycles. The summed E-state index contributed by atoms with van der Waals surface area (Å²) in [5, 5.41) is 1.82. The van der Waals surface area contributed by atoms with Crippen molar-refractivity contribution >= 4 is 47.3 Å². The Balaban J connectivity index is 0.000000371. The van der Waals surface area contributed by atoms with Gasteiger partial charge in [-0.25, -0.2) is 0 Å². The molecule has 3 aliphatic rings. The summed E-state index contributed by atoms with van der Waals surface area (Å²) in [6, 6.07) is 8.78. The maximum atomic E-state index is 8.52. The fourth-order valence-corrected chi connectivity index (χ4v) is 24.0. The van der Waals surface area contributed by atoms with Gasteiger partial charge in [-0.1, -0.05) is 0 Å². The summed E-state index contributed by atoms with van der Waals surface area (Å²) in [5.74, 6) is 2.52. The molecule has 0 unspecified atom stereocenters. The average molecular weight is 815 g/mol. The second kappa shape index (κ2) is 17.2. The topological polar surface area (TPSA) is 16.2 Å². The third-order valence-corrected chi connectivity index (χ3v) is 24.9. The van der Waals surface area contributed by atoms with Crippen LogP contribution in [0.4, 0.5) is 5.69 Å². The van der Waals surface area contributed by atoms with Crippen molar-refractivity contribution in [2.45, 2.75) is 204 Å². The first-order valence-corrected chi connectivity index (χ1v) is 26.4. The smallest absolute Gasteiger partial charge is 0.00651 e. The third-order valence-electron chi connectivity index (χ3n) is 10.7. The van der Waals surface area contributed by atoms with E-state index in [2.05, 4.69) is 195 Å². The van der Waals surface area contributed by atoms with Gasteiger partial charge < -0.3 is 6.66 Å². The molecule has 1 aromatic rings. The summed E-state index contributed by atoms with van der Waals surface area (Å²) in [6.07, 6.45) is 4.12. The summed E-state index contributed by atoms with van der Waals surface area (Å²) in [5.41, 5.74) is 6.58. The number of hydrogen-bond donors (Lipinski definition) is 0. The number of allylic oxidation sites excluding steroid dienone is 2. The van der Waals surface area contributed by atoms with Crippen LogP contribution >= 0.6 is 16.4 Å². The standard InChI is InChI=1S/C29H49GeN3PSi.C13H28N2P/c1-19(2)23-14-13-15-24(20(3)4)26(23)31(30)25-21-16-17-22(18-21)27(25)34-32(28(5,6)7)35(11,12)33(34)29(8,9)10;1-10(2)14(11(3)4)16(9)15(12(5)6)13(7)8/h13-15,19-22H,16-18H2,1-12H3;10-13H,1-8H3/q;-1/t21-,22+;/m0./s1. The predicted molar refractivity (Wildman–Crippen MR) is 233 cm³/mol. The normalized spacial score (nSPS) is 21.9. The van der Waals surface area contributed by atoms with E-state index in [4.69, 9.17) is 6.66 Å². The number of para-hydroxylation sites is 1. The van der Waals surface area contributed by atoms with Gasteiger partial charge in [0.15, 0.2) is 0 Å². The maximum Gasteiger partial charge on any atom is 0.00651 e. The molecule has 289 valence electrons. The number of hydrogen-bond acceptors (Lipinski definition) is 5. The molecule has 0 spiro atoms. The van der Waals surface area contributed by atoms with Gasteiger partial charge in [0.05, 0.1) is 0 Å². The van der Waals surface area contributed by atoms with Gasteiger partial charge in [0.2, 0.25) is 0 Å². The zero-order valence-corrected chi connectivity index (χ0v) is 41.5. The minimum absolute atomic E-state index is 0.195. The largest absolute Gasteiger partial charge is 0.634 e. The molecule has 1 saturated carbocycles. The molecule has 2 atom stereocenters. The molecular weight excluding hydrogens is 737 g/mol. The van der Waals surface area contributed by atoms with Crippen LogP contribution in [-0.4, -0.2) is 78.4 Å². The molecule has 2 aliphatic carbocycles. The van der Waals surface area contributed by atoms with E-state index in [1.54, 1.807) is 5.70 Å². The fourth-order valence-electron chi connectivity index (χ4n) is 9.57. The number of fused-ring (bicyclic) bond motifs is 2. The zero-order chi connectivity index (χ0) is 39.3. The van der Waals surface area contributed by atoms with Crippen LogP contribution in [-0.2, 0) is 0 Å². The van der Waals surface area contributed by atoms with Gasteiger partial charge >= 0.3 is 228 Å². The predicted octanol–water partition coefficient (Wildman–Crippen LogP) is 12.8. The maximum absolute atomic E-state index is 8.52. The first-order chi connectivity index (χ1) is 23.2. The van der Waals surface area contributed by atoms with Crippen molar-refractivity contribution in [3.8, 4) is 0 Å². The fraction of sp³-hybridized carbons (Fsp3) is 0.786. The molecule has 0 aromatic heterocycles. The molecule has 1 aromatic carbocycles. The van der Waals surface area contributed by atoms with Crippen molar-refractivity contribution in [1.29, 1.82) is 0 Å². The van der Waals surface area contributed by atoms with E-state index in [1.807, 2.05) is 5.31 Å². The molecule has 9 heteroatoms. The molecule has 0 amide bonds. The van der Waals surface area contributed by atoms with Crippen LogP contribution in [0.5, 0.6) is 0 Å². The summed E-state index contributed by atoms with van der Waals surface area (Å²) in [4.78, 5) is 0. The molecular formula is C42H77GeN5P2Si-. The van der Waals surface area contributed by atoms with E-state index in [-0.39, 0.29) is 11.1 Å². The Bertz CT molecular complexity index is 1260. The molecule has 1 saturated heterocycles. The van der Waals surface area contributed by atoms with E-state index >= 15 is 0 Å².